The van der Waals surface area contributed by atoms with Crippen LogP contribution in [-0.4, -0.2) is 58.3 Å². The van der Waals surface area contributed by atoms with E-state index >= 15 is 0 Å². The summed E-state index contributed by atoms with van der Waals surface area (Å²) in [4.78, 5) is 41.3. The maximum absolute atomic E-state index is 14.1. The van der Waals surface area contributed by atoms with E-state index in [4.69, 9.17) is 0 Å². The Morgan fingerprint density at radius 1 is 1.19 bits per heavy atom. The zero-order valence-corrected chi connectivity index (χ0v) is 20.7. The number of hydrogen-bond donors (Lipinski definition) is 1. The minimum absolute atomic E-state index is 0.0539. The summed E-state index contributed by atoms with van der Waals surface area (Å²) >= 11 is 0. The summed E-state index contributed by atoms with van der Waals surface area (Å²) in [6, 6.07) is 13.8. The number of amides is 3. The average Bonchev–Trinajstić information content (AvgIpc) is 3.12. The predicted molar refractivity (Wildman–Crippen MR) is 135 cm³/mol. The van der Waals surface area contributed by atoms with Gasteiger partial charge in [0, 0.05) is 30.7 Å². The summed E-state index contributed by atoms with van der Waals surface area (Å²) in [6.07, 6.45) is 1.56. The molecular formula is C28H29N5O3. The number of benzene rings is 2. The van der Waals surface area contributed by atoms with Crippen molar-refractivity contribution in [1.29, 1.82) is 5.26 Å². The molecule has 1 N–H and O–H groups in total. The highest BCUT2D eigenvalue weighted by Gasteiger charge is 2.33. The lowest BCUT2D eigenvalue weighted by Crippen LogP contribution is -2.58. The van der Waals surface area contributed by atoms with E-state index < -0.39 is 0 Å². The van der Waals surface area contributed by atoms with Gasteiger partial charge >= 0.3 is 0 Å². The molecule has 8 heteroatoms. The molecule has 0 aliphatic carbocycles. The molecule has 2 aliphatic heterocycles. The van der Waals surface area contributed by atoms with Crippen LogP contribution in [0.15, 0.2) is 36.4 Å². The first-order valence-corrected chi connectivity index (χ1v) is 12.2. The van der Waals surface area contributed by atoms with Crippen LogP contribution in [0.1, 0.15) is 51.3 Å². The highest BCUT2D eigenvalue weighted by atomic mass is 16.2. The standard InChI is InChI=1S/C28H29N5O3/c1-17-10-20(12-29)11-24-26(28(36)32-9-8-21-6-4-5-7-23(21)18(32)2)19(3)33(27(17)24)15-25(35)30-22-13-31(14-22)16-34/h4-7,10-11,16,18,22H,8-9,13-15H2,1-3H3,(H,30,35). The lowest BCUT2D eigenvalue weighted by molar-refractivity contribution is -0.128. The van der Waals surface area contributed by atoms with Crippen molar-refractivity contribution in [2.24, 2.45) is 0 Å². The number of rotatable bonds is 5. The van der Waals surface area contributed by atoms with Crippen LogP contribution in [0.4, 0.5) is 0 Å². The van der Waals surface area contributed by atoms with Crippen molar-refractivity contribution in [3.8, 4) is 6.07 Å². The molecule has 0 radical (unpaired) electrons. The molecule has 1 atom stereocenters. The van der Waals surface area contributed by atoms with Gasteiger partial charge < -0.3 is 19.7 Å². The molecule has 5 rings (SSSR count). The number of aromatic nitrogens is 1. The Hall–Kier alpha value is -4.12. The Labute approximate surface area is 210 Å². The van der Waals surface area contributed by atoms with E-state index in [1.807, 2.05) is 42.4 Å². The maximum Gasteiger partial charge on any atom is 0.256 e. The van der Waals surface area contributed by atoms with Crippen LogP contribution in [0, 0.1) is 25.2 Å². The molecular weight excluding hydrogens is 454 g/mol. The van der Waals surface area contributed by atoms with Gasteiger partial charge in [-0.15, -0.1) is 0 Å². The summed E-state index contributed by atoms with van der Waals surface area (Å²) in [7, 11) is 0. The van der Waals surface area contributed by atoms with Gasteiger partial charge in [-0.2, -0.15) is 5.26 Å². The Morgan fingerprint density at radius 3 is 2.67 bits per heavy atom. The topological polar surface area (TPSA) is 98.4 Å². The van der Waals surface area contributed by atoms with Crippen molar-refractivity contribution in [2.45, 2.75) is 45.8 Å². The second-order valence-corrected chi connectivity index (χ2v) is 9.79. The van der Waals surface area contributed by atoms with Crippen molar-refractivity contribution < 1.29 is 14.4 Å². The number of carbonyl (C=O) groups excluding carboxylic acids is 3. The number of hydrogen-bond acceptors (Lipinski definition) is 4. The van der Waals surface area contributed by atoms with Gasteiger partial charge in [-0.05, 0) is 56.0 Å². The minimum Gasteiger partial charge on any atom is -0.348 e. The van der Waals surface area contributed by atoms with Crippen LogP contribution in [0.25, 0.3) is 10.9 Å². The minimum atomic E-state index is -0.173. The van der Waals surface area contributed by atoms with Gasteiger partial charge in [-0.25, -0.2) is 0 Å². The highest BCUT2D eigenvalue weighted by Crippen LogP contribution is 2.35. The molecule has 0 saturated carbocycles. The average molecular weight is 484 g/mol. The number of carbonyl (C=O) groups is 3. The first-order valence-electron chi connectivity index (χ1n) is 12.2. The molecule has 1 unspecified atom stereocenters. The number of nitriles is 1. The molecule has 3 amide bonds. The first-order chi connectivity index (χ1) is 17.3. The molecule has 1 aromatic heterocycles. The maximum atomic E-state index is 14.1. The molecule has 184 valence electrons. The molecule has 0 bridgehead atoms. The molecule has 2 aliphatic rings. The predicted octanol–water partition coefficient (Wildman–Crippen LogP) is 2.85. The van der Waals surface area contributed by atoms with Gasteiger partial charge in [0.05, 0.1) is 34.8 Å². The Morgan fingerprint density at radius 2 is 1.94 bits per heavy atom. The molecule has 1 saturated heterocycles. The van der Waals surface area contributed by atoms with E-state index in [2.05, 4.69) is 23.5 Å². The van der Waals surface area contributed by atoms with Crippen LogP contribution in [0.5, 0.6) is 0 Å². The SMILES string of the molecule is Cc1cc(C#N)cc2c(C(=O)N3CCc4ccccc4C3C)c(C)n(CC(=O)NC3CN(C=O)C3)c12. The number of fused-ring (bicyclic) bond motifs is 2. The monoisotopic (exact) mass is 483 g/mol. The summed E-state index contributed by atoms with van der Waals surface area (Å²) in [5, 5.41) is 13.3. The van der Waals surface area contributed by atoms with Gasteiger partial charge in [0.25, 0.3) is 5.91 Å². The van der Waals surface area contributed by atoms with Gasteiger partial charge in [0.15, 0.2) is 0 Å². The molecule has 1 fully saturated rings. The van der Waals surface area contributed by atoms with Crippen molar-refractivity contribution >= 4 is 29.1 Å². The summed E-state index contributed by atoms with van der Waals surface area (Å²) in [5.41, 5.74) is 5.77. The fraction of sp³-hybridized carbons (Fsp3) is 0.357. The quantitative estimate of drug-likeness (QED) is 0.564. The third-order valence-corrected chi connectivity index (χ3v) is 7.53. The Balaban J connectivity index is 1.53. The van der Waals surface area contributed by atoms with Crippen LogP contribution in [0.3, 0.4) is 0 Å². The van der Waals surface area contributed by atoms with Gasteiger partial charge in [0.1, 0.15) is 6.54 Å². The first kappa shape index (κ1) is 23.6. The van der Waals surface area contributed by atoms with E-state index in [1.165, 1.54) is 5.56 Å². The van der Waals surface area contributed by atoms with E-state index in [0.717, 1.165) is 29.5 Å². The lowest BCUT2D eigenvalue weighted by atomic mass is 9.92. The highest BCUT2D eigenvalue weighted by molar-refractivity contribution is 6.10. The molecule has 3 aromatic rings. The zero-order valence-electron chi connectivity index (χ0n) is 20.7. The molecule has 2 aromatic carbocycles. The third kappa shape index (κ3) is 3.91. The summed E-state index contributed by atoms with van der Waals surface area (Å²) < 4.78 is 1.88. The fourth-order valence-electron chi connectivity index (χ4n) is 5.66. The normalized spacial score (nSPS) is 17.3. The van der Waals surface area contributed by atoms with Crippen LogP contribution < -0.4 is 5.32 Å². The van der Waals surface area contributed by atoms with Gasteiger partial charge in [-0.3, -0.25) is 14.4 Å². The second-order valence-electron chi connectivity index (χ2n) is 9.79. The number of nitrogens with zero attached hydrogens (tertiary/aromatic N) is 4. The summed E-state index contributed by atoms with van der Waals surface area (Å²) in [6.45, 7) is 7.48. The fourth-order valence-corrected chi connectivity index (χ4v) is 5.66. The smallest absolute Gasteiger partial charge is 0.256 e. The Bertz CT molecular complexity index is 1430. The molecule has 8 nitrogen and oxygen atoms in total. The van der Waals surface area contributed by atoms with Crippen molar-refractivity contribution in [1.82, 2.24) is 19.7 Å². The Kier molecular flexibility index (Phi) is 6.00. The van der Waals surface area contributed by atoms with E-state index in [9.17, 15) is 19.6 Å². The van der Waals surface area contributed by atoms with Crippen LogP contribution in [-0.2, 0) is 22.6 Å². The second kappa shape index (κ2) is 9.15. The third-order valence-electron chi connectivity index (χ3n) is 7.53. The number of aryl methyl sites for hydroxylation is 1. The molecule has 0 spiro atoms. The van der Waals surface area contributed by atoms with Crippen molar-refractivity contribution in [3.05, 3.63) is 69.9 Å². The van der Waals surface area contributed by atoms with Crippen molar-refractivity contribution in [3.63, 3.8) is 0 Å². The van der Waals surface area contributed by atoms with E-state index in [-0.39, 0.29) is 30.4 Å². The molecule has 3 heterocycles. The lowest BCUT2D eigenvalue weighted by Gasteiger charge is -2.36. The van der Waals surface area contributed by atoms with E-state index in [1.54, 1.807) is 17.0 Å². The summed E-state index contributed by atoms with van der Waals surface area (Å²) in [5.74, 6) is -0.262. The molecule has 36 heavy (non-hydrogen) atoms. The van der Waals surface area contributed by atoms with Crippen molar-refractivity contribution in [2.75, 3.05) is 19.6 Å². The van der Waals surface area contributed by atoms with Crippen LogP contribution in [0.2, 0.25) is 0 Å². The zero-order chi connectivity index (χ0) is 25.6. The van der Waals surface area contributed by atoms with Gasteiger partial charge in [-0.1, -0.05) is 24.3 Å². The van der Waals surface area contributed by atoms with E-state index in [0.29, 0.717) is 41.8 Å². The number of nitrogens with one attached hydrogen (secondary N) is 1. The van der Waals surface area contributed by atoms with Crippen LogP contribution >= 0.6 is 0 Å². The van der Waals surface area contributed by atoms with Gasteiger partial charge in [0.2, 0.25) is 12.3 Å². The largest absolute Gasteiger partial charge is 0.348 e. The number of likely N-dealkylation sites (tertiary alicyclic amines) is 1.